The summed E-state index contributed by atoms with van der Waals surface area (Å²) in [6.45, 7) is 2.29. The second-order valence-electron chi connectivity index (χ2n) is 7.44. The molecule has 146 valence electrons. The van der Waals surface area contributed by atoms with Gasteiger partial charge in [-0.05, 0) is 12.8 Å². The zero-order chi connectivity index (χ0) is 18.3. The molecule has 0 spiro atoms. The summed E-state index contributed by atoms with van der Waals surface area (Å²) in [7, 11) is 4.23. The molecule has 0 aliphatic carbocycles. The molecule has 0 aliphatic rings. The van der Waals surface area contributed by atoms with Crippen molar-refractivity contribution < 1.29 is 0 Å². The van der Waals surface area contributed by atoms with Crippen molar-refractivity contribution in [2.24, 2.45) is 0 Å². The van der Waals surface area contributed by atoms with Crippen LogP contribution < -0.4 is 8.56 Å². The van der Waals surface area contributed by atoms with Crippen LogP contribution >= 0.6 is 35.3 Å². The smallest absolute Gasteiger partial charge is 0.217 e. The lowest BCUT2D eigenvalue weighted by Gasteiger charge is -2.03. The molecule has 0 amide bonds. The van der Waals surface area contributed by atoms with Crippen LogP contribution in [0.1, 0.15) is 102 Å². The third kappa shape index (κ3) is 11.5. The van der Waals surface area contributed by atoms with Crippen LogP contribution in [-0.4, -0.2) is 14.1 Å². The van der Waals surface area contributed by atoms with Crippen molar-refractivity contribution in [3.8, 4) is 0 Å². The highest BCUT2D eigenvalue weighted by molar-refractivity contribution is 7.83. The summed E-state index contributed by atoms with van der Waals surface area (Å²) in [5.41, 5.74) is 0. The molecule has 0 fully saturated rings. The summed E-state index contributed by atoms with van der Waals surface area (Å²) < 4.78 is 4.79. The van der Waals surface area contributed by atoms with Crippen LogP contribution in [0.25, 0.3) is 0 Å². The van der Waals surface area contributed by atoms with E-state index in [9.17, 15) is 0 Å². The van der Waals surface area contributed by atoms with E-state index in [1.54, 1.807) is 0 Å². The minimum absolute atomic E-state index is 1.21. The third-order valence-corrected chi connectivity index (χ3v) is 8.25. The zero-order valence-electron chi connectivity index (χ0n) is 16.8. The van der Waals surface area contributed by atoms with Crippen molar-refractivity contribution >= 4 is 35.3 Å². The lowest BCUT2D eigenvalue weighted by molar-refractivity contribution is 0.535. The Bertz CT molecular complexity index is 497. The number of hydrogen-bond acceptors (Lipinski definition) is 3. The predicted molar refractivity (Wildman–Crippen MR) is 121 cm³/mol. The van der Waals surface area contributed by atoms with Crippen molar-refractivity contribution in [1.29, 1.82) is 0 Å². The Balaban J connectivity index is 1.90. The van der Waals surface area contributed by atoms with E-state index in [2.05, 4.69) is 38.2 Å². The second-order valence-corrected chi connectivity index (χ2v) is 10.5. The van der Waals surface area contributed by atoms with E-state index in [0.29, 0.717) is 0 Å². The Morgan fingerprint density at radius 3 is 1.52 bits per heavy atom. The molecule has 4 heteroatoms. The molecule has 1 aromatic rings. The summed E-state index contributed by atoms with van der Waals surface area (Å²) in [4.78, 5) is 1.48. The summed E-state index contributed by atoms with van der Waals surface area (Å²) >= 11 is 8.38. The van der Waals surface area contributed by atoms with Crippen molar-refractivity contribution in [3.05, 3.63) is 8.86 Å². The molecule has 0 atom stereocenters. The second kappa shape index (κ2) is 15.3. The first-order valence-corrected chi connectivity index (χ1v) is 12.5. The van der Waals surface area contributed by atoms with Gasteiger partial charge in [-0.1, -0.05) is 113 Å². The highest BCUT2D eigenvalue weighted by atomic mass is 32.2. The van der Waals surface area contributed by atoms with Gasteiger partial charge in [0.1, 0.15) is 14.1 Å². The zero-order valence-corrected chi connectivity index (χ0v) is 19.3. The largest absolute Gasteiger partial charge is 0.314 e. The Hall–Kier alpha value is 0.200. The fourth-order valence-corrected chi connectivity index (χ4v) is 6.08. The monoisotopic (exact) mass is 402 g/mol. The van der Waals surface area contributed by atoms with Gasteiger partial charge in [0.25, 0.3) is 0 Å². The molecule has 0 aliphatic heterocycles. The summed E-state index contributed by atoms with van der Waals surface area (Å²) in [6.07, 6.45) is 21.2. The molecule has 1 nitrogen and oxygen atoms in total. The van der Waals surface area contributed by atoms with Crippen molar-refractivity contribution in [2.45, 2.75) is 107 Å². The Labute approximate surface area is 170 Å². The van der Waals surface area contributed by atoms with Crippen LogP contribution in [-0.2, 0) is 6.42 Å². The van der Waals surface area contributed by atoms with Gasteiger partial charge in [0.2, 0.25) is 0 Å². The van der Waals surface area contributed by atoms with Gasteiger partial charge in [0.05, 0.1) is 4.21 Å². The number of nitrogens with zero attached hydrogens (tertiary/aromatic N) is 1. The van der Waals surface area contributed by atoms with Gasteiger partial charge in [0.15, 0.2) is 0 Å². The minimum atomic E-state index is 1.21. The SMILES string of the molecule is CCCCCCCCCCCCCCCCc1sc(=[N+](C)C)sc1S. The van der Waals surface area contributed by atoms with Crippen LogP contribution in [0.2, 0.25) is 0 Å². The number of rotatable bonds is 15. The molecule has 0 radical (unpaired) electrons. The molecule has 25 heavy (non-hydrogen) atoms. The Kier molecular flexibility index (Phi) is 14.2. The highest BCUT2D eigenvalue weighted by Crippen LogP contribution is 2.23. The first-order valence-electron chi connectivity index (χ1n) is 10.5. The molecule has 1 rings (SSSR count). The molecule has 0 bridgehead atoms. The number of hydrogen-bond donors (Lipinski definition) is 1. The van der Waals surface area contributed by atoms with Gasteiger partial charge in [-0.15, -0.1) is 12.6 Å². The summed E-state index contributed by atoms with van der Waals surface area (Å²) in [5, 5.41) is 0. The average Bonchev–Trinajstić information content (AvgIpc) is 2.96. The van der Waals surface area contributed by atoms with E-state index < -0.39 is 0 Å². The highest BCUT2D eigenvalue weighted by Gasteiger charge is 2.07. The van der Waals surface area contributed by atoms with E-state index in [4.69, 9.17) is 0 Å². The van der Waals surface area contributed by atoms with E-state index in [-0.39, 0.29) is 0 Å². The maximum Gasteiger partial charge on any atom is 0.314 e. The average molecular weight is 403 g/mol. The van der Waals surface area contributed by atoms with Crippen LogP contribution in [0.4, 0.5) is 0 Å². The Morgan fingerprint density at radius 1 is 0.680 bits per heavy atom. The molecule has 1 aromatic heterocycles. The van der Waals surface area contributed by atoms with Crippen molar-refractivity contribution in [2.75, 3.05) is 14.1 Å². The topological polar surface area (TPSA) is 3.01 Å². The summed E-state index contributed by atoms with van der Waals surface area (Å²) in [5.74, 6) is 0. The normalized spacial score (nSPS) is 11.2. The van der Waals surface area contributed by atoms with E-state index in [0.717, 1.165) is 0 Å². The first kappa shape index (κ1) is 23.2. The number of unbranched alkanes of at least 4 members (excludes halogenated alkanes) is 13. The molecule has 0 saturated heterocycles. The molecule has 0 unspecified atom stereocenters. The van der Waals surface area contributed by atoms with Gasteiger partial charge in [-0.2, -0.15) is 0 Å². The van der Waals surface area contributed by atoms with Crippen LogP contribution in [0.3, 0.4) is 0 Å². The number of thiol groups is 1. The standard InChI is InChI=1S/C21H39NS3/c1-4-5-6-7-8-9-10-11-12-13-14-15-16-17-18-19-20(23)25-21(24-19)22(2)3/h4-18H2,1-3H3/p+1. The number of aryl methyl sites for hydroxylation is 1. The van der Waals surface area contributed by atoms with E-state index in [1.807, 2.05) is 22.7 Å². The van der Waals surface area contributed by atoms with E-state index in [1.165, 1.54) is 109 Å². The van der Waals surface area contributed by atoms with Crippen LogP contribution in [0.15, 0.2) is 4.21 Å². The molecule has 0 saturated carbocycles. The predicted octanol–water partition coefficient (Wildman–Crippen LogP) is 7.15. The quantitative estimate of drug-likeness (QED) is 0.180. The van der Waals surface area contributed by atoms with E-state index >= 15 is 0 Å². The van der Waals surface area contributed by atoms with Crippen LogP contribution in [0, 0.1) is 0 Å². The lowest BCUT2D eigenvalue weighted by Crippen LogP contribution is -2.14. The Morgan fingerprint density at radius 2 is 1.12 bits per heavy atom. The molecular formula is C21H40NS3+. The maximum atomic E-state index is 4.64. The maximum absolute atomic E-state index is 4.64. The third-order valence-electron chi connectivity index (χ3n) is 4.76. The first-order chi connectivity index (χ1) is 12.1. The minimum Gasteiger partial charge on any atom is -0.217 e. The molecule has 0 aromatic carbocycles. The van der Waals surface area contributed by atoms with Gasteiger partial charge in [0, 0.05) is 4.88 Å². The summed E-state index contributed by atoms with van der Waals surface area (Å²) in [6, 6.07) is 0. The fourth-order valence-electron chi connectivity index (χ4n) is 3.13. The van der Waals surface area contributed by atoms with Gasteiger partial charge >= 0.3 is 3.98 Å². The van der Waals surface area contributed by atoms with Crippen molar-refractivity contribution in [3.63, 3.8) is 0 Å². The molecular weight excluding hydrogens is 362 g/mol. The van der Waals surface area contributed by atoms with Crippen molar-refractivity contribution in [1.82, 2.24) is 4.58 Å². The fraction of sp³-hybridized carbons (Fsp3) is 0.857. The van der Waals surface area contributed by atoms with Gasteiger partial charge < -0.3 is 0 Å². The van der Waals surface area contributed by atoms with Gasteiger partial charge in [-0.3, -0.25) is 0 Å². The molecule has 0 N–H and O–H groups in total. The van der Waals surface area contributed by atoms with Gasteiger partial charge in [-0.25, -0.2) is 4.58 Å². The lowest BCUT2D eigenvalue weighted by atomic mass is 10.0. The van der Waals surface area contributed by atoms with Crippen LogP contribution in [0.5, 0.6) is 0 Å². The molecule has 1 heterocycles.